The Labute approximate surface area is 106 Å². The van der Waals surface area contributed by atoms with Crippen molar-refractivity contribution < 1.29 is 9.53 Å². The number of primary amides is 1. The van der Waals surface area contributed by atoms with Crippen molar-refractivity contribution in [3.05, 3.63) is 12.4 Å². The van der Waals surface area contributed by atoms with Crippen LogP contribution in [-0.4, -0.2) is 33.9 Å². The van der Waals surface area contributed by atoms with Gasteiger partial charge in [0.05, 0.1) is 17.5 Å². The maximum Gasteiger partial charge on any atom is 0.239 e. The Balaban J connectivity index is 1.93. The Morgan fingerprint density at radius 2 is 2.50 bits per heavy atom. The quantitative estimate of drug-likeness (QED) is 0.828. The van der Waals surface area contributed by atoms with E-state index < -0.39 is 5.91 Å². The zero-order valence-electron chi connectivity index (χ0n) is 10.8. The first-order valence-electron chi connectivity index (χ1n) is 6.16. The number of hydrogen-bond donors (Lipinski definition) is 2. The van der Waals surface area contributed by atoms with Gasteiger partial charge < -0.3 is 15.8 Å². The number of amides is 1. The zero-order valence-corrected chi connectivity index (χ0v) is 10.8. The van der Waals surface area contributed by atoms with Gasteiger partial charge in [-0.2, -0.15) is 5.10 Å². The van der Waals surface area contributed by atoms with Crippen LogP contribution in [0.25, 0.3) is 0 Å². The van der Waals surface area contributed by atoms with Crippen LogP contribution in [0.5, 0.6) is 0 Å². The van der Waals surface area contributed by atoms with E-state index in [2.05, 4.69) is 24.3 Å². The van der Waals surface area contributed by atoms with Gasteiger partial charge in [0.2, 0.25) is 5.91 Å². The minimum absolute atomic E-state index is 0.0842. The Bertz CT molecular complexity index is 427. The monoisotopic (exact) mass is 252 g/mol. The van der Waals surface area contributed by atoms with Crippen LogP contribution in [0.4, 0.5) is 5.69 Å². The molecule has 1 amide bonds. The van der Waals surface area contributed by atoms with E-state index in [9.17, 15) is 4.79 Å². The first kappa shape index (κ1) is 12.9. The molecule has 0 aliphatic carbocycles. The number of rotatable bonds is 4. The molecule has 100 valence electrons. The molecule has 1 saturated heterocycles. The topological polar surface area (TPSA) is 82.2 Å². The molecule has 1 unspecified atom stereocenters. The number of hydrogen-bond acceptors (Lipinski definition) is 4. The summed E-state index contributed by atoms with van der Waals surface area (Å²) >= 11 is 0. The number of anilines is 1. The molecular formula is C12H20N4O2. The molecule has 1 aromatic heterocycles. The van der Waals surface area contributed by atoms with Gasteiger partial charge in [0.25, 0.3) is 0 Å². The van der Waals surface area contributed by atoms with Crippen LogP contribution in [0.3, 0.4) is 0 Å². The molecule has 0 saturated carbocycles. The molecule has 18 heavy (non-hydrogen) atoms. The SMILES string of the molecule is CC1(C)CC(Nc2cnn(CC(N)=O)c2)CCO1. The number of carbonyl (C=O) groups is 1. The summed E-state index contributed by atoms with van der Waals surface area (Å²) in [7, 11) is 0. The molecule has 3 N–H and O–H groups in total. The summed E-state index contributed by atoms with van der Waals surface area (Å²) in [4.78, 5) is 10.8. The average Bonchev–Trinajstić information content (AvgIpc) is 2.62. The lowest BCUT2D eigenvalue weighted by Gasteiger charge is -2.36. The van der Waals surface area contributed by atoms with Crippen LogP contribution >= 0.6 is 0 Å². The van der Waals surface area contributed by atoms with Crippen LogP contribution in [0.2, 0.25) is 0 Å². The van der Waals surface area contributed by atoms with Gasteiger partial charge in [-0.3, -0.25) is 9.48 Å². The first-order valence-corrected chi connectivity index (χ1v) is 6.16. The highest BCUT2D eigenvalue weighted by Gasteiger charge is 2.28. The summed E-state index contributed by atoms with van der Waals surface area (Å²) in [5, 5.41) is 7.49. The van der Waals surface area contributed by atoms with Crippen molar-refractivity contribution in [1.29, 1.82) is 0 Å². The van der Waals surface area contributed by atoms with E-state index in [0.717, 1.165) is 25.1 Å². The highest BCUT2D eigenvalue weighted by atomic mass is 16.5. The van der Waals surface area contributed by atoms with Gasteiger partial charge in [0.15, 0.2) is 0 Å². The highest BCUT2D eigenvalue weighted by Crippen LogP contribution is 2.26. The third-order valence-electron chi connectivity index (χ3n) is 3.02. The van der Waals surface area contributed by atoms with E-state index in [1.807, 2.05) is 0 Å². The Morgan fingerprint density at radius 3 is 3.17 bits per heavy atom. The number of ether oxygens (including phenoxy) is 1. The molecule has 6 heteroatoms. The standard InChI is InChI=1S/C12H20N4O2/c1-12(2)5-9(3-4-18-12)15-10-6-14-16(7-10)8-11(13)17/h6-7,9,15H,3-5,8H2,1-2H3,(H2,13,17). The number of nitrogens with zero attached hydrogens (tertiary/aromatic N) is 2. The Morgan fingerprint density at radius 1 is 1.72 bits per heavy atom. The molecule has 2 heterocycles. The second-order valence-corrected chi connectivity index (χ2v) is 5.34. The normalized spacial score (nSPS) is 22.7. The van der Waals surface area contributed by atoms with Crippen LogP contribution in [-0.2, 0) is 16.1 Å². The molecule has 1 atom stereocenters. The molecule has 0 aromatic carbocycles. The van der Waals surface area contributed by atoms with Gasteiger partial charge >= 0.3 is 0 Å². The predicted octanol–water partition coefficient (Wildman–Crippen LogP) is 0.738. The van der Waals surface area contributed by atoms with E-state index in [4.69, 9.17) is 10.5 Å². The second-order valence-electron chi connectivity index (χ2n) is 5.34. The van der Waals surface area contributed by atoms with Crippen molar-refractivity contribution in [2.75, 3.05) is 11.9 Å². The fourth-order valence-electron chi connectivity index (χ4n) is 2.28. The van der Waals surface area contributed by atoms with Crippen LogP contribution < -0.4 is 11.1 Å². The number of nitrogens with two attached hydrogens (primary N) is 1. The number of carbonyl (C=O) groups excluding carboxylic acids is 1. The van der Waals surface area contributed by atoms with Gasteiger partial charge in [-0.05, 0) is 26.7 Å². The molecule has 6 nitrogen and oxygen atoms in total. The van der Waals surface area contributed by atoms with Crippen LogP contribution in [0.15, 0.2) is 12.4 Å². The molecule has 0 radical (unpaired) electrons. The maximum absolute atomic E-state index is 10.8. The van der Waals surface area contributed by atoms with Gasteiger partial charge in [-0.25, -0.2) is 0 Å². The van der Waals surface area contributed by atoms with Crippen molar-refractivity contribution in [3.63, 3.8) is 0 Å². The molecular weight excluding hydrogens is 232 g/mol. The number of aromatic nitrogens is 2. The van der Waals surface area contributed by atoms with E-state index in [-0.39, 0.29) is 12.1 Å². The summed E-state index contributed by atoms with van der Waals surface area (Å²) in [6, 6.07) is 0.375. The lowest BCUT2D eigenvalue weighted by Crippen LogP contribution is -2.40. The Hall–Kier alpha value is -1.56. The van der Waals surface area contributed by atoms with E-state index in [0.29, 0.717) is 6.04 Å². The third kappa shape index (κ3) is 3.46. The predicted molar refractivity (Wildman–Crippen MR) is 68.1 cm³/mol. The summed E-state index contributed by atoms with van der Waals surface area (Å²) < 4.78 is 7.21. The lowest BCUT2D eigenvalue weighted by atomic mass is 9.94. The fourth-order valence-corrected chi connectivity index (χ4v) is 2.28. The van der Waals surface area contributed by atoms with Gasteiger partial charge in [-0.15, -0.1) is 0 Å². The van der Waals surface area contributed by atoms with Crippen LogP contribution in [0.1, 0.15) is 26.7 Å². The van der Waals surface area contributed by atoms with Crippen LogP contribution in [0, 0.1) is 0 Å². The largest absolute Gasteiger partial charge is 0.380 e. The maximum atomic E-state index is 10.8. The van der Waals surface area contributed by atoms with Gasteiger partial charge in [0.1, 0.15) is 6.54 Å². The van der Waals surface area contributed by atoms with E-state index >= 15 is 0 Å². The Kier molecular flexibility index (Phi) is 3.56. The van der Waals surface area contributed by atoms with E-state index in [1.165, 1.54) is 4.68 Å². The van der Waals surface area contributed by atoms with Crippen molar-refractivity contribution in [3.8, 4) is 0 Å². The second kappa shape index (κ2) is 4.97. The van der Waals surface area contributed by atoms with E-state index in [1.54, 1.807) is 12.4 Å². The molecule has 1 aromatic rings. The zero-order chi connectivity index (χ0) is 13.2. The van der Waals surface area contributed by atoms with Gasteiger partial charge in [-0.1, -0.05) is 0 Å². The molecule has 0 spiro atoms. The summed E-state index contributed by atoms with van der Waals surface area (Å²) in [5.74, 6) is -0.392. The number of nitrogens with one attached hydrogen (secondary N) is 1. The summed E-state index contributed by atoms with van der Waals surface area (Å²) in [5.41, 5.74) is 5.95. The third-order valence-corrected chi connectivity index (χ3v) is 3.02. The minimum atomic E-state index is -0.392. The summed E-state index contributed by atoms with van der Waals surface area (Å²) in [6.45, 7) is 5.07. The molecule has 0 bridgehead atoms. The molecule has 1 aliphatic rings. The molecule has 1 fully saturated rings. The van der Waals surface area contributed by atoms with Gasteiger partial charge in [0, 0.05) is 18.8 Å². The van der Waals surface area contributed by atoms with Crippen molar-refractivity contribution >= 4 is 11.6 Å². The van der Waals surface area contributed by atoms with Crippen molar-refractivity contribution in [2.24, 2.45) is 5.73 Å². The fraction of sp³-hybridized carbons (Fsp3) is 0.667. The smallest absolute Gasteiger partial charge is 0.239 e. The highest BCUT2D eigenvalue weighted by molar-refractivity contribution is 5.73. The van der Waals surface area contributed by atoms with Crippen molar-refractivity contribution in [1.82, 2.24) is 9.78 Å². The summed E-state index contributed by atoms with van der Waals surface area (Å²) in [6.07, 6.45) is 5.44. The molecule has 2 rings (SSSR count). The molecule has 1 aliphatic heterocycles. The van der Waals surface area contributed by atoms with Crippen molar-refractivity contribution in [2.45, 2.75) is 44.9 Å². The lowest BCUT2D eigenvalue weighted by molar-refractivity contribution is -0.118. The average molecular weight is 252 g/mol. The first-order chi connectivity index (χ1) is 8.44. The minimum Gasteiger partial charge on any atom is -0.380 e.